The summed E-state index contributed by atoms with van der Waals surface area (Å²) in [5, 5.41) is 0. The molecule has 1 aliphatic rings. The Kier molecular flexibility index (Phi) is 4.71. The lowest BCUT2D eigenvalue weighted by Crippen LogP contribution is -2.54. The molecule has 1 amide bonds. The highest BCUT2D eigenvalue weighted by Crippen LogP contribution is 2.32. The zero-order valence-corrected chi connectivity index (χ0v) is 13.4. The van der Waals surface area contributed by atoms with Crippen LogP contribution < -0.4 is 0 Å². The number of nitrogens with zero attached hydrogens (tertiary/aromatic N) is 2. The van der Waals surface area contributed by atoms with Crippen molar-refractivity contribution in [1.82, 2.24) is 9.80 Å². The number of carbonyl (C=O) groups excluding carboxylic acids is 1. The van der Waals surface area contributed by atoms with Gasteiger partial charge in [0.05, 0.1) is 11.1 Å². The van der Waals surface area contributed by atoms with E-state index in [1.54, 1.807) is 0 Å². The molecule has 0 unspecified atom stereocenters. The average molecular weight is 332 g/mol. The van der Waals surface area contributed by atoms with Crippen molar-refractivity contribution < 1.29 is 22.4 Å². The summed E-state index contributed by atoms with van der Waals surface area (Å²) in [6.45, 7) is 8.11. The molecule has 1 saturated heterocycles. The second kappa shape index (κ2) is 6.11. The number of hydrogen-bond acceptors (Lipinski definition) is 2. The Balaban J connectivity index is 2.17. The smallest absolute Gasteiger partial charge is 0.336 e. The second-order valence-electron chi connectivity index (χ2n) is 6.61. The number of amides is 1. The molecule has 1 aromatic carbocycles. The summed E-state index contributed by atoms with van der Waals surface area (Å²) in [5.74, 6) is -2.19. The van der Waals surface area contributed by atoms with Gasteiger partial charge < -0.3 is 4.90 Å². The van der Waals surface area contributed by atoms with Crippen molar-refractivity contribution >= 4 is 5.91 Å². The Labute approximate surface area is 132 Å². The van der Waals surface area contributed by atoms with Crippen molar-refractivity contribution in [3.05, 3.63) is 35.1 Å². The van der Waals surface area contributed by atoms with Gasteiger partial charge in [-0.15, -0.1) is 0 Å². The zero-order valence-electron chi connectivity index (χ0n) is 13.4. The first kappa shape index (κ1) is 17.7. The van der Waals surface area contributed by atoms with E-state index >= 15 is 0 Å². The summed E-state index contributed by atoms with van der Waals surface area (Å²) in [6.07, 6.45) is -4.81. The summed E-state index contributed by atoms with van der Waals surface area (Å²) in [4.78, 5) is 15.9. The molecule has 1 fully saturated rings. The highest BCUT2D eigenvalue weighted by molar-refractivity contribution is 5.94. The number of piperazine rings is 1. The molecule has 0 spiro atoms. The fourth-order valence-electron chi connectivity index (χ4n) is 2.67. The molecule has 23 heavy (non-hydrogen) atoms. The molecule has 7 heteroatoms. The summed E-state index contributed by atoms with van der Waals surface area (Å²) in [7, 11) is 0. The van der Waals surface area contributed by atoms with Crippen LogP contribution >= 0.6 is 0 Å². The first-order valence-corrected chi connectivity index (χ1v) is 7.42. The van der Waals surface area contributed by atoms with E-state index < -0.39 is 29.0 Å². The average Bonchev–Trinajstić information content (AvgIpc) is 2.45. The quantitative estimate of drug-likeness (QED) is 0.736. The van der Waals surface area contributed by atoms with E-state index in [9.17, 15) is 22.4 Å². The van der Waals surface area contributed by atoms with Gasteiger partial charge in [0.25, 0.3) is 5.91 Å². The monoisotopic (exact) mass is 332 g/mol. The van der Waals surface area contributed by atoms with Gasteiger partial charge in [-0.1, -0.05) is 6.07 Å². The normalized spacial score (nSPS) is 17.4. The molecule has 0 N–H and O–H groups in total. The molecule has 3 nitrogen and oxygen atoms in total. The van der Waals surface area contributed by atoms with Gasteiger partial charge in [0.2, 0.25) is 0 Å². The van der Waals surface area contributed by atoms with Crippen LogP contribution in [0.4, 0.5) is 17.6 Å². The van der Waals surface area contributed by atoms with E-state index in [0.29, 0.717) is 32.2 Å². The van der Waals surface area contributed by atoms with Crippen molar-refractivity contribution in [3.63, 3.8) is 0 Å². The van der Waals surface area contributed by atoms with Crippen molar-refractivity contribution in [2.24, 2.45) is 0 Å². The van der Waals surface area contributed by atoms with Gasteiger partial charge in [-0.2, -0.15) is 13.2 Å². The number of hydrogen-bond donors (Lipinski definition) is 0. The Morgan fingerprint density at radius 2 is 1.61 bits per heavy atom. The Bertz CT molecular complexity index is 585. The number of halogens is 4. The van der Waals surface area contributed by atoms with Gasteiger partial charge in [0.1, 0.15) is 5.82 Å². The van der Waals surface area contributed by atoms with Crippen LogP contribution in [-0.2, 0) is 6.18 Å². The van der Waals surface area contributed by atoms with Crippen molar-refractivity contribution in [2.75, 3.05) is 26.2 Å². The molecule has 0 atom stereocenters. The summed E-state index contributed by atoms with van der Waals surface area (Å²) in [5.41, 5.74) is -1.97. The van der Waals surface area contributed by atoms with Crippen LogP contribution in [0.15, 0.2) is 18.2 Å². The third kappa shape index (κ3) is 3.83. The molecule has 0 aliphatic carbocycles. The molecule has 1 aromatic rings. The number of alkyl halides is 3. The third-order valence-corrected chi connectivity index (χ3v) is 4.05. The largest absolute Gasteiger partial charge is 0.419 e. The summed E-state index contributed by atoms with van der Waals surface area (Å²) < 4.78 is 52.3. The van der Waals surface area contributed by atoms with E-state index in [0.717, 1.165) is 12.1 Å². The molecule has 128 valence electrons. The van der Waals surface area contributed by atoms with Crippen LogP contribution in [0.25, 0.3) is 0 Å². The standard InChI is InChI=1S/C16H20F4N2O/c1-15(2,3)22-9-7-21(8-10-22)14(23)11-5-4-6-12(13(11)17)16(18,19)20/h4-6H,7-10H2,1-3H3. The highest BCUT2D eigenvalue weighted by Gasteiger charge is 2.37. The number of benzene rings is 1. The molecule has 0 saturated carbocycles. The van der Waals surface area contributed by atoms with Crippen LogP contribution in [0.5, 0.6) is 0 Å². The van der Waals surface area contributed by atoms with E-state index in [1.165, 1.54) is 4.90 Å². The maximum absolute atomic E-state index is 14.1. The van der Waals surface area contributed by atoms with E-state index in [1.807, 2.05) is 0 Å². The fraction of sp³-hybridized carbons (Fsp3) is 0.562. The SMILES string of the molecule is CC(C)(C)N1CCN(C(=O)c2cccc(C(F)(F)F)c2F)CC1. The van der Waals surface area contributed by atoms with E-state index in [4.69, 9.17) is 0 Å². The minimum Gasteiger partial charge on any atom is -0.336 e. The maximum Gasteiger partial charge on any atom is 0.419 e. The van der Waals surface area contributed by atoms with Crippen LogP contribution in [-0.4, -0.2) is 47.4 Å². The summed E-state index contributed by atoms with van der Waals surface area (Å²) in [6, 6.07) is 2.80. The van der Waals surface area contributed by atoms with Crippen molar-refractivity contribution in [1.29, 1.82) is 0 Å². The topological polar surface area (TPSA) is 23.6 Å². The van der Waals surface area contributed by atoms with Crippen LogP contribution in [0.2, 0.25) is 0 Å². The van der Waals surface area contributed by atoms with Gasteiger partial charge in [-0.25, -0.2) is 4.39 Å². The van der Waals surface area contributed by atoms with Crippen molar-refractivity contribution in [3.8, 4) is 0 Å². The first-order chi connectivity index (χ1) is 10.5. The Morgan fingerprint density at radius 3 is 2.09 bits per heavy atom. The number of rotatable bonds is 1. The minimum absolute atomic E-state index is 0.0451. The maximum atomic E-state index is 14.1. The molecular formula is C16H20F4N2O. The Hall–Kier alpha value is -1.63. The summed E-state index contributed by atoms with van der Waals surface area (Å²) >= 11 is 0. The third-order valence-electron chi connectivity index (χ3n) is 4.05. The predicted molar refractivity (Wildman–Crippen MR) is 78.6 cm³/mol. The van der Waals surface area contributed by atoms with Gasteiger partial charge in [0, 0.05) is 31.7 Å². The van der Waals surface area contributed by atoms with E-state index in [-0.39, 0.29) is 5.54 Å². The van der Waals surface area contributed by atoms with Crippen LogP contribution in [0.3, 0.4) is 0 Å². The minimum atomic E-state index is -4.81. The zero-order chi connectivity index (χ0) is 17.4. The lowest BCUT2D eigenvalue weighted by Gasteiger charge is -2.42. The lowest BCUT2D eigenvalue weighted by atomic mass is 10.0. The molecular weight excluding hydrogens is 312 g/mol. The van der Waals surface area contributed by atoms with Gasteiger partial charge in [0.15, 0.2) is 0 Å². The van der Waals surface area contributed by atoms with Crippen LogP contribution in [0, 0.1) is 5.82 Å². The molecule has 1 heterocycles. The van der Waals surface area contributed by atoms with Crippen LogP contribution in [0.1, 0.15) is 36.7 Å². The van der Waals surface area contributed by atoms with Gasteiger partial charge in [-0.05, 0) is 32.9 Å². The fourth-order valence-corrected chi connectivity index (χ4v) is 2.67. The molecule has 0 aromatic heterocycles. The predicted octanol–water partition coefficient (Wildman–Crippen LogP) is 3.40. The Morgan fingerprint density at radius 1 is 1.04 bits per heavy atom. The van der Waals surface area contributed by atoms with Gasteiger partial charge >= 0.3 is 6.18 Å². The first-order valence-electron chi connectivity index (χ1n) is 7.42. The molecule has 0 radical (unpaired) electrons. The molecule has 2 rings (SSSR count). The van der Waals surface area contributed by atoms with E-state index in [2.05, 4.69) is 25.7 Å². The lowest BCUT2D eigenvalue weighted by molar-refractivity contribution is -0.140. The van der Waals surface area contributed by atoms with Gasteiger partial charge in [-0.3, -0.25) is 9.69 Å². The molecule has 0 bridgehead atoms. The highest BCUT2D eigenvalue weighted by atomic mass is 19.4. The molecule has 1 aliphatic heterocycles. The van der Waals surface area contributed by atoms with Crippen molar-refractivity contribution in [2.45, 2.75) is 32.5 Å². The number of carbonyl (C=O) groups is 1. The second-order valence-corrected chi connectivity index (χ2v) is 6.61.